The summed E-state index contributed by atoms with van der Waals surface area (Å²) >= 11 is 5.77. The van der Waals surface area contributed by atoms with Crippen LogP contribution in [0.25, 0.3) is 11.0 Å². The zero-order valence-corrected chi connectivity index (χ0v) is 13.0. The van der Waals surface area contributed by atoms with Gasteiger partial charge in [-0.15, -0.1) is 0 Å². The molecule has 0 spiro atoms. The van der Waals surface area contributed by atoms with Crippen LogP contribution in [0.1, 0.15) is 0 Å². The van der Waals surface area contributed by atoms with E-state index in [9.17, 15) is 14.4 Å². The molecule has 122 valence electrons. The van der Waals surface area contributed by atoms with Crippen molar-refractivity contribution in [3.05, 3.63) is 68.2 Å². The van der Waals surface area contributed by atoms with Crippen molar-refractivity contribution in [3.63, 3.8) is 0 Å². The molecule has 0 radical (unpaired) electrons. The lowest BCUT2D eigenvalue weighted by molar-refractivity contribution is -0.118. The van der Waals surface area contributed by atoms with Crippen molar-refractivity contribution in [2.24, 2.45) is 0 Å². The minimum atomic E-state index is -0.753. The number of amides is 1. The van der Waals surface area contributed by atoms with E-state index in [2.05, 4.69) is 15.3 Å². The maximum absolute atomic E-state index is 11.9. The van der Waals surface area contributed by atoms with E-state index in [4.69, 9.17) is 16.3 Å². The Kier molecular flexibility index (Phi) is 4.35. The molecule has 0 atom stereocenters. The van der Waals surface area contributed by atoms with Gasteiger partial charge in [0.05, 0.1) is 11.0 Å². The highest BCUT2D eigenvalue weighted by molar-refractivity contribution is 6.30. The standard InChI is InChI=1S/C16H12ClN3O4/c17-9-1-4-11(5-2-9)24-8-14(21)18-10-3-6-12-13(7-10)20-16(23)15(22)19-12/h1-7H,8H2,(H,18,21)(H,19,22)(H,20,23). The summed E-state index contributed by atoms with van der Waals surface area (Å²) in [6, 6.07) is 11.4. The van der Waals surface area contributed by atoms with Crippen LogP contribution in [0.15, 0.2) is 52.1 Å². The summed E-state index contributed by atoms with van der Waals surface area (Å²) in [4.78, 5) is 39.4. The number of aromatic nitrogens is 2. The van der Waals surface area contributed by atoms with Crippen LogP contribution in [0.3, 0.4) is 0 Å². The fraction of sp³-hybridized carbons (Fsp3) is 0.0625. The number of hydrogen-bond acceptors (Lipinski definition) is 4. The molecule has 0 unspecified atom stereocenters. The highest BCUT2D eigenvalue weighted by Crippen LogP contribution is 2.16. The van der Waals surface area contributed by atoms with Crippen molar-refractivity contribution in [1.29, 1.82) is 0 Å². The Labute approximate surface area is 140 Å². The van der Waals surface area contributed by atoms with E-state index >= 15 is 0 Å². The molecule has 3 aromatic rings. The first-order chi connectivity index (χ1) is 11.5. The molecule has 8 heteroatoms. The monoisotopic (exact) mass is 345 g/mol. The average Bonchev–Trinajstić information content (AvgIpc) is 2.56. The van der Waals surface area contributed by atoms with Crippen LogP contribution in [0.2, 0.25) is 5.02 Å². The number of anilines is 1. The maximum atomic E-state index is 11.9. The number of H-pyrrole nitrogens is 2. The van der Waals surface area contributed by atoms with Gasteiger partial charge in [-0.2, -0.15) is 0 Å². The van der Waals surface area contributed by atoms with Gasteiger partial charge >= 0.3 is 11.1 Å². The Morgan fingerprint density at radius 3 is 2.38 bits per heavy atom. The van der Waals surface area contributed by atoms with Crippen molar-refractivity contribution in [2.45, 2.75) is 0 Å². The number of ether oxygens (including phenoxy) is 1. The molecule has 24 heavy (non-hydrogen) atoms. The van der Waals surface area contributed by atoms with Gasteiger partial charge in [0.1, 0.15) is 5.75 Å². The lowest BCUT2D eigenvalue weighted by atomic mass is 10.2. The predicted octanol–water partition coefficient (Wildman–Crippen LogP) is 1.89. The van der Waals surface area contributed by atoms with E-state index in [1.54, 1.807) is 42.5 Å². The van der Waals surface area contributed by atoms with Crippen molar-refractivity contribution in [2.75, 3.05) is 11.9 Å². The zero-order valence-electron chi connectivity index (χ0n) is 12.3. The first-order valence-corrected chi connectivity index (χ1v) is 7.34. The van der Waals surface area contributed by atoms with Crippen molar-refractivity contribution in [3.8, 4) is 5.75 Å². The van der Waals surface area contributed by atoms with E-state index in [1.807, 2.05) is 0 Å². The number of benzene rings is 2. The summed E-state index contributed by atoms with van der Waals surface area (Å²) < 4.78 is 5.34. The zero-order chi connectivity index (χ0) is 17.1. The average molecular weight is 346 g/mol. The number of rotatable bonds is 4. The van der Waals surface area contributed by atoms with Crippen LogP contribution in [0.5, 0.6) is 5.75 Å². The summed E-state index contributed by atoms with van der Waals surface area (Å²) in [5.74, 6) is 0.158. The number of halogens is 1. The van der Waals surface area contributed by atoms with Crippen molar-refractivity contribution in [1.82, 2.24) is 9.97 Å². The fourth-order valence-electron chi connectivity index (χ4n) is 2.07. The van der Waals surface area contributed by atoms with Crippen LogP contribution in [0, 0.1) is 0 Å². The molecule has 0 aliphatic carbocycles. The summed E-state index contributed by atoms with van der Waals surface area (Å²) in [6.45, 7) is -0.179. The molecule has 3 rings (SSSR count). The Bertz CT molecular complexity index is 1010. The number of fused-ring (bicyclic) bond motifs is 1. The predicted molar refractivity (Wildman–Crippen MR) is 90.8 cm³/mol. The van der Waals surface area contributed by atoms with Gasteiger partial charge in [-0.1, -0.05) is 11.6 Å². The van der Waals surface area contributed by atoms with Gasteiger partial charge in [0.2, 0.25) is 0 Å². The third kappa shape index (κ3) is 3.64. The molecule has 1 amide bonds. The normalized spacial score (nSPS) is 10.5. The van der Waals surface area contributed by atoms with Crippen LogP contribution >= 0.6 is 11.6 Å². The molecule has 1 aromatic heterocycles. The second-order valence-electron chi connectivity index (χ2n) is 4.96. The second kappa shape index (κ2) is 6.59. The number of nitrogens with one attached hydrogen (secondary N) is 3. The summed E-state index contributed by atoms with van der Waals surface area (Å²) in [5.41, 5.74) is -0.131. The molecular weight excluding hydrogens is 334 g/mol. The smallest absolute Gasteiger partial charge is 0.314 e. The van der Waals surface area contributed by atoms with Gasteiger partial charge in [0.15, 0.2) is 6.61 Å². The Morgan fingerprint density at radius 2 is 1.67 bits per heavy atom. The number of hydrogen-bond donors (Lipinski definition) is 3. The van der Waals surface area contributed by atoms with E-state index in [0.29, 0.717) is 27.5 Å². The Hall–Kier alpha value is -3.06. The molecule has 0 aliphatic heterocycles. The molecule has 0 fully saturated rings. The number of carbonyl (C=O) groups excluding carboxylic acids is 1. The van der Waals surface area contributed by atoms with Crippen LogP contribution in [0.4, 0.5) is 5.69 Å². The molecule has 0 aliphatic rings. The molecule has 7 nitrogen and oxygen atoms in total. The molecule has 2 aromatic carbocycles. The highest BCUT2D eigenvalue weighted by atomic mass is 35.5. The van der Waals surface area contributed by atoms with Crippen molar-refractivity contribution >= 4 is 34.2 Å². The van der Waals surface area contributed by atoms with E-state index in [1.165, 1.54) is 0 Å². The Balaban J connectivity index is 1.68. The highest BCUT2D eigenvalue weighted by Gasteiger charge is 2.06. The third-order valence-corrected chi connectivity index (χ3v) is 3.44. The summed E-state index contributed by atoms with van der Waals surface area (Å²) in [7, 11) is 0. The topological polar surface area (TPSA) is 104 Å². The second-order valence-corrected chi connectivity index (χ2v) is 5.40. The molecule has 1 heterocycles. The summed E-state index contributed by atoms with van der Waals surface area (Å²) in [5, 5.41) is 3.22. The third-order valence-electron chi connectivity index (χ3n) is 3.19. The van der Waals surface area contributed by atoms with E-state index in [-0.39, 0.29) is 12.5 Å². The molecule has 0 saturated heterocycles. The van der Waals surface area contributed by atoms with Crippen LogP contribution in [-0.4, -0.2) is 22.5 Å². The SMILES string of the molecule is O=C(COc1ccc(Cl)cc1)Nc1ccc2[nH]c(=O)c(=O)[nH]c2c1. The maximum Gasteiger partial charge on any atom is 0.314 e. The van der Waals surface area contributed by atoms with Gasteiger partial charge in [-0.3, -0.25) is 14.4 Å². The van der Waals surface area contributed by atoms with Crippen LogP contribution in [-0.2, 0) is 4.79 Å². The first-order valence-electron chi connectivity index (χ1n) is 6.96. The van der Waals surface area contributed by atoms with Gasteiger partial charge < -0.3 is 20.0 Å². The fourth-order valence-corrected chi connectivity index (χ4v) is 2.20. The first kappa shape index (κ1) is 15.8. The summed E-state index contributed by atoms with van der Waals surface area (Å²) in [6.07, 6.45) is 0. The van der Waals surface area contributed by atoms with Crippen LogP contribution < -0.4 is 21.2 Å². The van der Waals surface area contributed by atoms with E-state index in [0.717, 1.165) is 0 Å². The Morgan fingerprint density at radius 1 is 1.00 bits per heavy atom. The van der Waals surface area contributed by atoms with Gasteiger partial charge in [-0.05, 0) is 42.5 Å². The molecule has 3 N–H and O–H groups in total. The largest absolute Gasteiger partial charge is 0.484 e. The number of carbonyl (C=O) groups is 1. The molecule has 0 bridgehead atoms. The van der Waals surface area contributed by atoms with E-state index < -0.39 is 11.1 Å². The van der Waals surface area contributed by atoms with Crippen molar-refractivity contribution < 1.29 is 9.53 Å². The minimum absolute atomic E-state index is 0.179. The quantitative estimate of drug-likeness (QED) is 0.628. The molecular formula is C16H12ClN3O4. The molecule has 0 saturated carbocycles. The lowest BCUT2D eigenvalue weighted by Gasteiger charge is -2.08. The minimum Gasteiger partial charge on any atom is -0.484 e. The van der Waals surface area contributed by atoms with Gasteiger partial charge in [0.25, 0.3) is 5.91 Å². The number of aromatic amines is 2. The lowest BCUT2D eigenvalue weighted by Crippen LogP contribution is -2.29. The van der Waals surface area contributed by atoms with Gasteiger partial charge in [-0.25, -0.2) is 0 Å². The van der Waals surface area contributed by atoms with Gasteiger partial charge in [0, 0.05) is 10.7 Å².